The third-order valence-electron chi connectivity index (χ3n) is 3.22. The number of thiophene rings is 1. The van der Waals surface area contributed by atoms with Gasteiger partial charge in [-0.25, -0.2) is 0 Å². The Kier molecular flexibility index (Phi) is 6.02. The smallest absolute Gasteiger partial charge is 0.303 e. The van der Waals surface area contributed by atoms with Crippen molar-refractivity contribution in [2.75, 3.05) is 6.54 Å². The molecule has 0 aliphatic heterocycles. The number of carboxylic acid groups (broad SMARTS) is 1. The highest BCUT2D eigenvalue weighted by Crippen LogP contribution is 2.22. The summed E-state index contributed by atoms with van der Waals surface area (Å²) < 4.78 is 0. The number of hydrogen-bond donors (Lipinski definition) is 2. The quantitative estimate of drug-likeness (QED) is 0.808. The van der Waals surface area contributed by atoms with Crippen molar-refractivity contribution < 1.29 is 14.7 Å². The molecule has 1 aromatic rings. The molecule has 0 bridgehead atoms. The Morgan fingerprint density at radius 2 is 2.11 bits per heavy atom. The van der Waals surface area contributed by atoms with E-state index in [4.69, 9.17) is 5.11 Å². The molecule has 5 heteroatoms. The fourth-order valence-corrected chi connectivity index (χ4v) is 2.94. The van der Waals surface area contributed by atoms with Crippen LogP contribution in [0.4, 0.5) is 0 Å². The van der Waals surface area contributed by atoms with Gasteiger partial charge >= 0.3 is 5.97 Å². The molecule has 0 radical (unpaired) electrons. The standard InChI is InChI=1S/C14H21NO3S/c1-4-10(6-13(16)17)8-15-14(18)12-7-11(5-2)9(3)19-12/h7,10H,4-6,8H2,1-3H3,(H,15,18)(H,16,17). The summed E-state index contributed by atoms with van der Waals surface area (Å²) in [4.78, 5) is 24.5. The van der Waals surface area contributed by atoms with E-state index in [0.717, 1.165) is 12.8 Å². The van der Waals surface area contributed by atoms with Crippen molar-refractivity contribution in [3.8, 4) is 0 Å². The van der Waals surface area contributed by atoms with Crippen LogP contribution < -0.4 is 5.32 Å². The van der Waals surface area contributed by atoms with E-state index in [1.807, 2.05) is 19.9 Å². The molecule has 1 heterocycles. The number of aliphatic carboxylic acids is 1. The first kappa shape index (κ1) is 15.7. The monoisotopic (exact) mass is 283 g/mol. The van der Waals surface area contributed by atoms with Crippen molar-refractivity contribution in [2.24, 2.45) is 5.92 Å². The Balaban J connectivity index is 2.56. The van der Waals surface area contributed by atoms with Gasteiger partial charge in [0.05, 0.1) is 4.88 Å². The van der Waals surface area contributed by atoms with Crippen molar-refractivity contribution >= 4 is 23.2 Å². The lowest BCUT2D eigenvalue weighted by Gasteiger charge is -2.12. The summed E-state index contributed by atoms with van der Waals surface area (Å²) in [5, 5.41) is 11.6. The van der Waals surface area contributed by atoms with Crippen LogP contribution in [0.3, 0.4) is 0 Å². The molecule has 1 aromatic heterocycles. The number of hydrogen-bond acceptors (Lipinski definition) is 3. The van der Waals surface area contributed by atoms with Crippen LogP contribution >= 0.6 is 11.3 Å². The highest BCUT2D eigenvalue weighted by Gasteiger charge is 2.15. The van der Waals surface area contributed by atoms with Gasteiger partial charge in [-0.15, -0.1) is 11.3 Å². The van der Waals surface area contributed by atoms with Crippen molar-refractivity contribution in [1.82, 2.24) is 5.32 Å². The summed E-state index contributed by atoms with van der Waals surface area (Å²) in [6.07, 6.45) is 1.77. The van der Waals surface area contributed by atoms with E-state index in [2.05, 4.69) is 12.2 Å². The first-order chi connectivity index (χ1) is 8.97. The van der Waals surface area contributed by atoms with Gasteiger partial charge in [0.1, 0.15) is 0 Å². The maximum Gasteiger partial charge on any atom is 0.303 e. The lowest BCUT2D eigenvalue weighted by atomic mass is 10.0. The molecule has 0 aliphatic rings. The predicted molar refractivity (Wildman–Crippen MR) is 76.8 cm³/mol. The van der Waals surface area contributed by atoms with Crippen molar-refractivity contribution in [3.05, 3.63) is 21.4 Å². The number of carboxylic acids is 1. The minimum atomic E-state index is -0.818. The van der Waals surface area contributed by atoms with Crippen LogP contribution in [0.25, 0.3) is 0 Å². The highest BCUT2D eigenvalue weighted by atomic mass is 32.1. The zero-order valence-corrected chi connectivity index (χ0v) is 12.5. The number of amides is 1. The molecule has 0 saturated heterocycles. The second-order valence-corrected chi connectivity index (χ2v) is 5.88. The third kappa shape index (κ3) is 4.67. The van der Waals surface area contributed by atoms with Crippen LogP contribution in [0.15, 0.2) is 6.07 Å². The lowest BCUT2D eigenvalue weighted by Crippen LogP contribution is -2.29. The Bertz CT molecular complexity index is 454. The van der Waals surface area contributed by atoms with E-state index in [9.17, 15) is 9.59 Å². The third-order valence-corrected chi connectivity index (χ3v) is 4.31. The van der Waals surface area contributed by atoms with E-state index < -0.39 is 5.97 Å². The molecule has 106 valence electrons. The molecule has 0 fully saturated rings. The molecule has 19 heavy (non-hydrogen) atoms. The first-order valence-corrected chi connectivity index (χ1v) is 7.38. The van der Waals surface area contributed by atoms with E-state index in [1.54, 1.807) is 0 Å². The zero-order chi connectivity index (χ0) is 14.4. The van der Waals surface area contributed by atoms with Gasteiger partial charge in [-0.1, -0.05) is 20.3 Å². The topological polar surface area (TPSA) is 66.4 Å². The van der Waals surface area contributed by atoms with Crippen molar-refractivity contribution in [2.45, 2.75) is 40.0 Å². The van der Waals surface area contributed by atoms with Gasteiger partial charge < -0.3 is 10.4 Å². The lowest BCUT2D eigenvalue weighted by molar-refractivity contribution is -0.138. The van der Waals surface area contributed by atoms with E-state index in [-0.39, 0.29) is 18.2 Å². The summed E-state index contributed by atoms with van der Waals surface area (Å²) >= 11 is 1.49. The molecular formula is C14H21NO3S. The molecule has 0 aromatic carbocycles. The van der Waals surface area contributed by atoms with Crippen LogP contribution in [0.5, 0.6) is 0 Å². The maximum absolute atomic E-state index is 12.0. The Morgan fingerprint density at radius 1 is 1.42 bits per heavy atom. The predicted octanol–water partition coefficient (Wildman–Crippen LogP) is 2.85. The minimum absolute atomic E-state index is 0.00634. The number of aryl methyl sites for hydroxylation is 2. The average Bonchev–Trinajstić information content (AvgIpc) is 2.75. The minimum Gasteiger partial charge on any atom is -0.481 e. The maximum atomic E-state index is 12.0. The Hall–Kier alpha value is -1.36. The number of carbonyl (C=O) groups excluding carboxylic acids is 1. The van der Waals surface area contributed by atoms with Crippen LogP contribution in [0.2, 0.25) is 0 Å². The van der Waals surface area contributed by atoms with Crippen LogP contribution in [-0.4, -0.2) is 23.5 Å². The summed E-state index contributed by atoms with van der Waals surface area (Å²) in [6, 6.07) is 1.92. The van der Waals surface area contributed by atoms with Crippen LogP contribution in [0.1, 0.15) is 46.8 Å². The summed E-state index contributed by atoms with van der Waals surface area (Å²) in [5.74, 6) is -0.925. The Labute approximate surface area is 117 Å². The zero-order valence-electron chi connectivity index (χ0n) is 11.7. The molecule has 1 rings (SSSR count). The number of carbonyl (C=O) groups is 2. The summed E-state index contributed by atoms with van der Waals surface area (Å²) in [7, 11) is 0. The molecule has 2 N–H and O–H groups in total. The van der Waals surface area contributed by atoms with E-state index in [1.165, 1.54) is 21.8 Å². The largest absolute Gasteiger partial charge is 0.481 e. The highest BCUT2D eigenvalue weighted by molar-refractivity contribution is 7.14. The fourth-order valence-electron chi connectivity index (χ4n) is 1.91. The molecule has 4 nitrogen and oxygen atoms in total. The molecule has 0 spiro atoms. The van der Waals surface area contributed by atoms with Gasteiger partial charge in [0.15, 0.2) is 0 Å². The molecule has 1 amide bonds. The SMILES string of the molecule is CCc1cc(C(=O)NCC(CC)CC(=O)O)sc1C. The second kappa shape index (κ2) is 7.28. The number of rotatable bonds is 7. The van der Waals surface area contributed by atoms with Gasteiger partial charge in [-0.3, -0.25) is 9.59 Å². The van der Waals surface area contributed by atoms with Crippen molar-refractivity contribution in [3.63, 3.8) is 0 Å². The molecule has 1 unspecified atom stereocenters. The Morgan fingerprint density at radius 3 is 2.58 bits per heavy atom. The van der Waals surface area contributed by atoms with Gasteiger partial charge in [-0.2, -0.15) is 0 Å². The van der Waals surface area contributed by atoms with Crippen molar-refractivity contribution in [1.29, 1.82) is 0 Å². The van der Waals surface area contributed by atoms with Gasteiger partial charge in [-0.05, 0) is 30.9 Å². The van der Waals surface area contributed by atoms with Crippen LogP contribution in [-0.2, 0) is 11.2 Å². The van der Waals surface area contributed by atoms with Gasteiger partial charge in [0, 0.05) is 17.8 Å². The second-order valence-electron chi connectivity index (χ2n) is 4.63. The number of nitrogens with one attached hydrogen (secondary N) is 1. The molecular weight excluding hydrogens is 262 g/mol. The van der Waals surface area contributed by atoms with E-state index >= 15 is 0 Å². The summed E-state index contributed by atoms with van der Waals surface area (Å²) in [5.41, 5.74) is 1.20. The molecule has 0 aliphatic carbocycles. The van der Waals surface area contributed by atoms with Crippen LogP contribution in [0, 0.1) is 12.8 Å². The van der Waals surface area contributed by atoms with Gasteiger partial charge in [0.2, 0.25) is 0 Å². The summed E-state index contributed by atoms with van der Waals surface area (Å²) in [6.45, 7) is 6.43. The average molecular weight is 283 g/mol. The normalized spacial score (nSPS) is 12.2. The first-order valence-electron chi connectivity index (χ1n) is 6.57. The molecule has 1 atom stereocenters. The molecule has 0 saturated carbocycles. The fraction of sp³-hybridized carbons (Fsp3) is 0.571. The van der Waals surface area contributed by atoms with E-state index in [0.29, 0.717) is 11.4 Å². The van der Waals surface area contributed by atoms with Gasteiger partial charge in [0.25, 0.3) is 5.91 Å².